The predicted molar refractivity (Wildman–Crippen MR) is 82.1 cm³/mol. The van der Waals surface area contributed by atoms with Crippen molar-refractivity contribution in [3.8, 4) is 0 Å². The van der Waals surface area contributed by atoms with E-state index in [-0.39, 0.29) is 12.1 Å². The van der Waals surface area contributed by atoms with Crippen molar-refractivity contribution in [2.24, 2.45) is 0 Å². The Balaban J connectivity index is 2.72. The molecule has 0 aromatic heterocycles. The van der Waals surface area contributed by atoms with Crippen LogP contribution in [0.25, 0.3) is 0 Å². The van der Waals surface area contributed by atoms with E-state index in [4.69, 9.17) is 4.74 Å². The molecule has 0 aliphatic rings. The van der Waals surface area contributed by atoms with Crippen molar-refractivity contribution in [3.63, 3.8) is 0 Å². The van der Waals surface area contributed by atoms with Gasteiger partial charge < -0.3 is 4.74 Å². The van der Waals surface area contributed by atoms with Crippen molar-refractivity contribution < 1.29 is 9.53 Å². The molecule has 0 fully saturated rings. The fraction of sp³-hybridized carbons (Fsp3) is 0.188. The summed E-state index contributed by atoms with van der Waals surface area (Å²) < 4.78 is 5.40. The minimum Gasteiger partial charge on any atom is -0.457 e. The first-order chi connectivity index (χ1) is 9.10. The average molecular weight is 321 g/mol. The number of allylic oxidation sites excluding steroid dienone is 2. The molecule has 0 spiro atoms. The molecule has 0 heterocycles. The highest BCUT2D eigenvalue weighted by Crippen LogP contribution is 2.25. The molecule has 0 aliphatic carbocycles. The van der Waals surface area contributed by atoms with E-state index >= 15 is 0 Å². The molecule has 1 aromatic rings. The molecule has 2 nitrogen and oxygen atoms in total. The molecule has 0 saturated carbocycles. The molecule has 3 heteroatoms. The van der Waals surface area contributed by atoms with Crippen LogP contribution in [0.5, 0.6) is 0 Å². The van der Waals surface area contributed by atoms with Crippen LogP contribution in [0.3, 0.4) is 0 Å². The van der Waals surface area contributed by atoms with Crippen molar-refractivity contribution in [3.05, 3.63) is 72.9 Å². The molecule has 0 aliphatic heterocycles. The normalized spacial score (nSPS) is 14.3. The maximum Gasteiger partial charge on any atom is 0.324 e. The maximum atomic E-state index is 12.0. The Hall–Kier alpha value is -1.61. The summed E-state index contributed by atoms with van der Waals surface area (Å²) in [6.45, 7) is 9.12. The number of hydrogen-bond acceptors (Lipinski definition) is 2. The summed E-state index contributed by atoms with van der Waals surface area (Å²) in [5.74, 6) is -0.324. The molecule has 0 N–H and O–H groups in total. The van der Waals surface area contributed by atoms with Crippen LogP contribution in [0.4, 0.5) is 0 Å². The lowest BCUT2D eigenvalue weighted by Gasteiger charge is -2.17. The maximum absolute atomic E-state index is 12.0. The second-order valence-electron chi connectivity index (χ2n) is 3.96. The van der Waals surface area contributed by atoms with Gasteiger partial charge in [-0.15, -0.1) is 0 Å². The minimum absolute atomic E-state index is 0.324. The van der Waals surface area contributed by atoms with E-state index < -0.39 is 4.83 Å². The van der Waals surface area contributed by atoms with Gasteiger partial charge >= 0.3 is 5.97 Å². The van der Waals surface area contributed by atoms with E-state index in [0.717, 1.165) is 11.1 Å². The van der Waals surface area contributed by atoms with Crippen LogP contribution in [0.1, 0.15) is 17.3 Å². The fourth-order valence-corrected chi connectivity index (χ4v) is 1.98. The van der Waals surface area contributed by atoms with Crippen LogP contribution >= 0.6 is 15.9 Å². The number of hydrogen-bond donors (Lipinski definition) is 0. The Kier molecular flexibility index (Phi) is 6.30. The third-order valence-corrected chi connectivity index (χ3v) is 3.51. The molecule has 0 amide bonds. The highest BCUT2D eigenvalue weighted by molar-refractivity contribution is 9.09. The van der Waals surface area contributed by atoms with Crippen LogP contribution in [-0.4, -0.2) is 12.1 Å². The molecule has 2 unspecified atom stereocenters. The fourth-order valence-electron chi connectivity index (χ4n) is 1.57. The molecule has 0 radical (unpaired) electrons. The quantitative estimate of drug-likeness (QED) is 0.442. The Morgan fingerprint density at radius 2 is 1.95 bits per heavy atom. The summed E-state index contributed by atoms with van der Waals surface area (Å²) >= 11 is 3.35. The van der Waals surface area contributed by atoms with Crippen LogP contribution in [-0.2, 0) is 9.53 Å². The van der Waals surface area contributed by atoms with Gasteiger partial charge in [0.25, 0.3) is 0 Å². The second kappa shape index (κ2) is 7.74. The molecular weight excluding hydrogens is 304 g/mol. The van der Waals surface area contributed by atoms with Crippen LogP contribution < -0.4 is 0 Å². The molecule has 0 saturated heterocycles. The zero-order chi connectivity index (χ0) is 14.3. The van der Waals surface area contributed by atoms with Gasteiger partial charge in [0, 0.05) is 0 Å². The van der Waals surface area contributed by atoms with Crippen molar-refractivity contribution in [1.29, 1.82) is 0 Å². The summed E-state index contributed by atoms with van der Waals surface area (Å²) in [5.41, 5.74) is 1.68. The lowest BCUT2D eigenvalue weighted by atomic mass is 10.1. The third kappa shape index (κ3) is 4.52. The van der Waals surface area contributed by atoms with Gasteiger partial charge in [-0.1, -0.05) is 77.6 Å². The van der Waals surface area contributed by atoms with Crippen molar-refractivity contribution in [2.75, 3.05) is 0 Å². The summed E-state index contributed by atoms with van der Waals surface area (Å²) in [4.78, 5) is 11.6. The molecule has 2 atom stereocenters. The topological polar surface area (TPSA) is 26.3 Å². The zero-order valence-corrected chi connectivity index (χ0v) is 12.5. The number of carbonyl (C=O) groups is 1. The highest BCUT2D eigenvalue weighted by atomic mass is 79.9. The van der Waals surface area contributed by atoms with E-state index in [1.165, 1.54) is 0 Å². The van der Waals surface area contributed by atoms with Gasteiger partial charge in [-0.2, -0.15) is 0 Å². The van der Waals surface area contributed by atoms with Gasteiger partial charge in [-0.3, -0.25) is 4.79 Å². The standard InChI is InChI=1S/C16H17BrO2/c1-4-9-13(5-2)12(3)19-16(18)15(17)14-10-7-6-8-11-14/h4-12,15H,1-2H2,3H3. The Morgan fingerprint density at radius 1 is 1.32 bits per heavy atom. The largest absolute Gasteiger partial charge is 0.457 e. The minimum atomic E-state index is -0.467. The van der Waals surface area contributed by atoms with E-state index in [1.807, 2.05) is 30.3 Å². The highest BCUT2D eigenvalue weighted by Gasteiger charge is 2.21. The van der Waals surface area contributed by atoms with Gasteiger partial charge in [0.2, 0.25) is 0 Å². The van der Waals surface area contributed by atoms with Crippen molar-refractivity contribution in [1.82, 2.24) is 0 Å². The Morgan fingerprint density at radius 3 is 2.47 bits per heavy atom. The molecule has 100 valence electrons. The van der Waals surface area contributed by atoms with Gasteiger partial charge in [-0.25, -0.2) is 0 Å². The average Bonchev–Trinajstić information content (AvgIpc) is 2.44. The predicted octanol–water partition coefficient (Wildman–Crippen LogP) is 4.35. The number of benzene rings is 1. The number of rotatable bonds is 6. The molecule has 1 rings (SSSR count). The van der Waals surface area contributed by atoms with Crippen LogP contribution in [0.15, 0.2) is 67.3 Å². The van der Waals surface area contributed by atoms with Crippen molar-refractivity contribution >= 4 is 21.9 Å². The first-order valence-corrected chi connectivity index (χ1v) is 6.86. The SMILES string of the molecule is C=CC=C(C=C)C(C)OC(=O)C(Br)c1ccccc1. The summed E-state index contributed by atoms with van der Waals surface area (Å²) in [6, 6.07) is 9.42. The number of halogens is 1. The number of alkyl halides is 1. The molecular formula is C16H17BrO2. The first kappa shape index (κ1) is 15.4. The van der Waals surface area contributed by atoms with Crippen molar-refractivity contribution in [2.45, 2.75) is 17.9 Å². The zero-order valence-electron chi connectivity index (χ0n) is 10.9. The summed E-state index contributed by atoms with van der Waals surface area (Å²) in [6.07, 6.45) is 4.72. The van der Waals surface area contributed by atoms with E-state index in [9.17, 15) is 4.79 Å². The van der Waals surface area contributed by atoms with Crippen LogP contribution in [0.2, 0.25) is 0 Å². The van der Waals surface area contributed by atoms with Gasteiger partial charge in [0.1, 0.15) is 10.9 Å². The monoisotopic (exact) mass is 320 g/mol. The van der Waals surface area contributed by atoms with Crippen LogP contribution in [0, 0.1) is 0 Å². The van der Waals surface area contributed by atoms with E-state index in [1.54, 1.807) is 25.2 Å². The van der Waals surface area contributed by atoms with E-state index in [2.05, 4.69) is 29.1 Å². The lowest BCUT2D eigenvalue weighted by molar-refractivity contribution is -0.145. The van der Waals surface area contributed by atoms with Gasteiger partial charge in [0.15, 0.2) is 0 Å². The number of esters is 1. The van der Waals surface area contributed by atoms with Gasteiger partial charge in [0.05, 0.1) is 0 Å². The summed E-state index contributed by atoms with van der Waals surface area (Å²) in [5, 5.41) is 0. The van der Waals surface area contributed by atoms with E-state index in [0.29, 0.717) is 0 Å². The molecule has 19 heavy (non-hydrogen) atoms. The summed E-state index contributed by atoms with van der Waals surface area (Å²) in [7, 11) is 0. The molecule has 1 aromatic carbocycles. The Labute approximate surface area is 122 Å². The van der Waals surface area contributed by atoms with Gasteiger partial charge in [-0.05, 0) is 18.1 Å². The Bertz CT molecular complexity index is 477. The third-order valence-electron chi connectivity index (χ3n) is 2.61. The number of carbonyl (C=O) groups excluding carboxylic acids is 1. The smallest absolute Gasteiger partial charge is 0.324 e. The second-order valence-corrected chi connectivity index (χ2v) is 4.87. The number of ether oxygens (including phenoxy) is 1. The lowest BCUT2D eigenvalue weighted by Crippen LogP contribution is -2.19. The molecule has 0 bridgehead atoms. The first-order valence-electron chi connectivity index (χ1n) is 5.94.